The third kappa shape index (κ3) is 3.03. The van der Waals surface area contributed by atoms with Crippen molar-refractivity contribution >= 4 is 28.4 Å². The number of benzene rings is 1. The van der Waals surface area contributed by atoms with Crippen LogP contribution in [0.3, 0.4) is 0 Å². The summed E-state index contributed by atoms with van der Waals surface area (Å²) >= 11 is 0. The highest BCUT2D eigenvalue weighted by atomic mass is 16.2. The first-order valence-corrected chi connectivity index (χ1v) is 6.32. The third-order valence-electron chi connectivity index (χ3n) is 2.74. The summed E-state index contributed by atoms with van der Waals surface area (Å²) in [4.78, 5) is 26.9. The number of pyridine rings is 1. The molecule has 0 radical (unpaired) electrons. The minimum Gasteiger partial charge on any atom is -0.370 e. The van der Waals surface area contributed by atoms with Crippen molar-refractivity contribution in [2.24, 2.45) is 5.73 Å². The predicted molar refractivity (Wildman–Crippen MR) is 77.4 cm³/mol. The average molecular weight is 272 g/mol. The van der Waals surface area contributed by atoms with Gasteiger partial charge < -0.3 is 16.4 Å². The third-order valence-corrected chi connectivity index (χ3v) is 2.74. The van der Waals surface area contributed by atoms with Crippen LogP contribution in [0.25, 0.3) is 10.8 Å². The fraction of sp³-hybridized carbons (Fsp3) is 0.214. The molecule has 4 N–H and O–H groups in total. The quantitative estimate of drug-likeness (QED) is 0.752. The number of primary amides is 1. The van der Waals surface area contributed by atoms with Crippen molar-refractivity contribution in [1.82, 2.24) is 10.3 Å². The minimum absolute atomic E-state index is 0.204. The van der Waals surface area contributed by atoms with Crippen molar-refractivity contribution in [1.29, 1.82) is 0 Å². The van der Waals surface area contributed by atoms with Crippen molar-refractivity contribution in [3.8, 4) is 0 Å². The van der Waals surface area contributed by atoms with Gasteiger partial charge >= 0.3 is 0 Å². The zero-order chi connectivity index (χ0) is 14.5. The number of carbonyl (C=O) groups is 2. The Labute approximate surface area is 116 Å². The van der Waals surface area contributed by atoms with Gasteiger partial charge in [-0.15, -0.1) is 0 Å². The molecule has 0 spiro atoms. The molecule has 0 aliphatic heterocycles. The van der Waals surface area contributed by atoms with Crippen molar-refractivity contribution in [3.05, 3.63) is 36.0 Å². The maximum atomic E-state index is 11.9. The molecule has 6 nitrogen and oxygen atoms in total. The van der Waals surface area contributed by atoms with Crippen molar-refractivity contribution in [3.63, 3.8) is 0 Å². The maximum absolute atomic E-state index is 11.9. The van der Waals surface area contributed by atoms with E-state index in [1.54, 1.807) is 6.07 Å². The fourth-order valence-corrected chi connectivity index (χ4v) is 1.88. The van der Waals surface area contributed by atoms with E-state index in [4.69, 9.17) is 5.73 Å². The van der Waals surface area contributed by atoms with Crippen LogP contribution in [0.2, 0.25) is 0 Å². The van der Waals surface area contributed by atoms with Crippen LogP contribution in [0.5, 0.6) is 0 Å². The summed E-state index contributed by atoms with van der Waals surface area (Å²) < 4.78 is 0. The first-order valence-electron chi connectivity index (χ1n) is 6.32. The van der Waals surface area contributed by atoms with Crippen LogP contribution in [-0.4, -0.2) is 29.9 Å². The van der Waals surface area contributed by atoms with Gasteiger partial charge in [-0.3, -0.25) is 9.59 Å². The molecule has 1 aromatic carbocycles. The Morgan fingerprint density at radius 2 is 2.05 bits per heavy atom. The van der Waals surface area contributed by atoms with E-state index in [0.717, 1.165) is 10.8 Å². The van der Waals surface area contributed by atoms with Crippen LogP contribution in [-0.2, 0) is 4.79 Å². The van der Waals surface area contributed by atoms with E-state index in [-0.39, 0.29) is 12.2 Å². The van der Waals surface area contributed by atoms with Gasteiger partial charge in [-0.25, -0.2) is 4.98 Å². The molecule has 0 fully saturated rings. The number of aromatic nitrogens is 1. The molecule has 2 aromatic rings. The highest BCUT2D eigenvalue weighted by Crippen LogP contribution is 2.22. The summed E-state index contributed by atoms with van der Waals surface area (Å²) in [6, 6.07) is 9.33. The zero-order valence-electron chi connectivity index (χ0n) is 11.1. The molecule has 2 amide bonds. The van der Waals surface area contributed by atoms with Gasteiger partial charge in [-0.2, -0.15) is 0 Å². The predicted octanol–water partition coefficient (Wildman–Crippen LogP) is 0.882. The lowest BCUT2D eigenvalue weighted by molar-refractivity contribution is -0.117. The van der Waals surface area contributed by atoms with Crippen LogP contribution in [0.4, 0.5) is 5.82 Å². The molecule has 1 aromatic heterocycles. The van der Waals surface area contributed by atoms with E-state index in [1.807, 2.05) is 31.2 Å². The zero-order valence-corrected chi connectivity index (χ0v) is 11.1. The molecular weight excluding hydrogens is 256 g/mol. The van der Waals surface area contributed by atoms with Crippen LogP contribution in [0.1, 0.15) is 17.4 Å². The Hall–Kier alpha value is -2.63. The molecular formula is C14H16N4O2. The first kappa shape index (κ1) is 13.8. The fourth-order valence-electron chi connectivity index (χ4n) is 1.88. The summed E-state index contributed by atoms with van der Waals surface area (Å²) in [5.74, 6) is -0.366. The van der Waals surface area contributed by atoms with Gasteiger partial charge in [-0.05, 0) is 18.4 Å². The number of hydrogen-bond donors (Lipinski definition) is 3. The largest absolute Gasteiger partial charge is 0.370 e. The number of carbonyl (C=O) groups excluding carboxylic acids is 2. The summed E-state index contributed by atoms with van der Waals surface area (Å²) in [6.07, 6.45) is 0. The Balaban J connectivity index is 2.38. The Bertz CT molecular complexity index is 655. The lowest BCUT2D eigenvalue weighted by atomic mass is 10.1. The number of rotatable bonds is 5. The summed E-state index contributed by atoms with van der Waals surface area (Å²) in [5.41, 5.74) is 5.25. The molecule has 0 atom stereocenters. The molecule has 0 aliphatic rings. The number of hydrogen-bond acceptors (Lipinski definition) is 4. The Morgan fingerprint density at radius 1 is 1.30 bits per heavy atom. The van der Waals surface area contributed by atoms with Crippen LogP contribution < -0.4 is 16.4 Å². The molecule has 0 unspecified atom stereocenters. The number of nitrogens with one attached hydrogen (secondary N) is 2. The monoisotopic (exact) mass is 272 g/mol. The molecule has 0 saturated heterocycles. The SMILES string of the molecule is CCNc1nc(C(=O)NCC(N)=O)cc2ccccc12. The Morgan fingerprint density at radius 3 is 2.75 bits per heavy atom. The second-order valence-corrected chi connectivity index (χ2v) is 4.26. The first-order chi connectivity index (χ1) is 9.61. The van der Waals surface area contributed by atoms with E-state index in [2.05, 4.69) is 15.6 Å². The smallest absolute Gasteiger partial charge is 0.270 e. The van der Waals surface area contributed by atoms with Crippen molar-refractivity contribution in [2.75, 3.05) is 18.4 Å². The van der Waals surface area contributed by atoms with E-state index >= 15 is 0 Å². The standard InChI is InChI=1S/C14H16N4O2/c1-2-16-13-10-6-4-3-5-9(10)7-11(18-13)14(20)17-8-12(15)19/h3-7H,2,8H2,1H3,(H2,15,19)(H,16,18)(H,17,20). The number of nitrogens with two attached hydrogens (primary N) is 1. The lowest BCUT2D eigenvalue weighted by Gasteiger charge is -2.10. The lowest BCUT2D eigenvalue weighted by Crippen LogP contribution is -2.33. The number of fused-ring (bicyclic) bond motifs is 1. The van der Waals surface area contributed by atoms with Gasteiger partial charge in [0, 0.05) is 11.9 Å². The molecule has 20 heavy (non-hydrogen) atoms. The normalized spacial score (nSPS) is 10.2. The molecule has 6 heteroatoms. The minimum atomic E-state index is -0.592. The highest BCUT2D eigenvalue weighted by Gasteiger charge is 2.12. The van der Waals surface area contributed by atoms with Crippen LogP contribution in [0.15, 0.2) is 30.3 Å². The van der Waals surface area contributed by atoms with Crippen molar-refractivity contribution in [2.45, 2.75) is 6.92 Å². The van der Waals surface area contributed by atoms with Gasteiger partial charge in [0.15, 0.2) is 0 Å². The molecule has 0 saturated carbocycles. The molecule has 2 rings (SSSR count). The van der Waals surface area contributed by atoms with E-state index in [9.17, 15) is 9.59 Å². The summed E-state index contributed by atoms with van der Waals surface area (Å²) in [5, 5.41) is 7.41. The summed E-state index contributed by atoms with van der Waals surface area (Å²) in [6.45, 7) is 2.45. The molecule has 0 bridgehead atoms. The number of anilines is 1. The highest BCUT2D eigenvalue weighted by molar-refractivity contribution is 6.01. The average Bonchev–Trinajstić information content (AvgIpc) is 2.45. The van der Waals surface area contributed by atoms with Gasteiger partial charge in [-0.1, -0.05) is 24.3 Å². The molecule has 104 valence electrons. The Kier molecular flexibility index (Phi) is 4.14. The number of amides is 2. The maximum Gasteiger partial charge on any atom is 0.270 e. The van der Waals surface area contributed by atoms with Gasteiger partial charge in [0.1, 0.15) is 11.5 Å². The van der Waals surface area contributed by atoms with Crippen LogP contribution in [0, 0.1) is 0 Å². The van der Waals surface area contributed by atoms with E-state index in [0.29, 0.717) is 12.4 Å². The van der Waals surface area contributed by atoms with E-state index in [1.165, 1.54) is 0 Å². The van der Waals surface area contributed by atoms with Gasteiger partial charge in [0.2, 0.25) is 5.91 Å². The van der Waals surface area contributed by atoms with Crippen molar-refractivity contribution < 1.29 is 9.59 Å². The van der Waals surface area contributed by atoms with E-state index < -0.39 is 11.8 Å². The second kappa shape index (κ2) is 6.01. The van der Waals surface area contributed by atoms with Crippen LogP contribution >= 0.6 is 0 Å². The number of nitrogens with zero attached hydrogens (tertiary/aromatic N) is 1. The topological polar surface area (TPSA) is 97.1 Å². The van der Waals surface area contributed by atoms with Gasteiger partial charge in [0.25, 0.3) is 5.91 Å². The molecule has 0 aliphatic carbocycles. The summed E-state index contributed by atoms with van der Waals surface area (Å²) in [7, 11) is 0. The van der Waals surface area contributed by atoms with Gasteiger partial charge in [0.05, 0.1) is 6.54 Å². The second-order valence-electron chi connectivity index (χ2n) is 4.26. The molecule has 1 heterocycles.